The van der Waals surface area contributed by atoms with Crippen LogP contribution in [0.1, 0.15) is 287 Å². The van der Waals surface area contributed by atoms with E-state index in [0.29, 0.717) is 0 Å². The summed E-state index contributed by atoms with van der Waals surface area (Å²) in [6, 6.07) is 72.7. The van der Waals surface area contributed by atoms with Gasteiger partial charge in [0, 0.05) is 45.0 Å². The molecule has 6 atom stereocenters. The number of fused-ring (bicyclic) bond motifs is 12. The first-order chi connectivity index (χ1) is 46.4. The Hall–Kier alpha value is -6.64. The lowest BCUT2D eigenvalue weighted by Crippen LogP contribution is -2.26. The van der Waals surface area contributed by atoms with E-state index in [1.807, 2.05) is 0 Å². The van der Waals surface area contributed by atoms with Crippen molar-refractivity contribution in [3.63, 3.8) is 0 Å². The van der Waals surface area contributed by atoms with Gasteiger partial charge in [-0.25, -0.2) is 0 Å². The Labute approximate surface area is 566 Å². The molecule has 6 unspecified atom stereocenters. The standard InChI is InChI=1S/C50H63N.C42H45N/c1-3-5-7-14-32-50(33-15-8-6-4-2)48-19-13-12-18-45(48)46-31-30-44(36-49(46)50)51(42-26-22-39(23-27-42)38-16-10-9-11-17-38)43-28-24-40(25-29-43)47-35-37-20-21-41(47)34-37;1-2-8-30(9-3-1)31-14-18-34(19-15-31)43(35-20-16-32(17-21-35)39-27-29-12-13-33(39)26-29)36-22-23-38-37-10-4-5-11-40(37)42(41(38)28-36)24-6-7-25-42/h12-13,18-19,22-31,36-38,41,47H,3-11,14-17,20-21,32-35H2,1-2H3;4-5,10-11,14-23,28-30,33,39H,1-3,6-9,12-13,24-27H2. The lowest BCUT2D eigenvalue weighted by Gasteiger charge is -2.34. The van der Waals surface area contributed by atoms with Gasteiger partial charge < -0.3 is 9.80 Å². The second-order valence-corrected chi connectivity index (χ2v) is 31.8. The van der Waals surface area contributed by atoms with Gasteiger partial charge in [0.15, 0.2) is 0 Å². The number of rotatable bonds is 20. The van der Waals surface area contributed by atoms with Crippen LogP contribution in [0.3, 0.4) is 0 Å². The zero-order valence-electron chi connectivity index (χ0n) is 57.5. The van der Waals surface area contributed by atoms with Gasteiger partial charge in [-0.05, 0) is 277 Å². The summed E-state index contributed by atoms with van der Waals surface area (Å²) in [5.41, 5.74) is 26.4. The lowest BCUT2D eigenvalue weighted by atomic mass is 9.70. The van der Waals surface area contributed by atoms with E-state index in [1.54, 1.807) is 33.4 Å². The van der Waals surface area contributed by atoms with Crippen LogP contribution in [0.2, 0.25) is 0 Å². The number of unbranched alkanes of at least 4 members (excludes halogenated alkanes) is 6. The van der Waals surface area contributed by atoms with E-state index < -0.39 is 0 Å². The molecule has 8 aromatic rings. The summed E-state index contributed by atoms with van der Waals surface area (Å²) in [5, 5.41) is 0. The Morgan fingerprint density at radius 3 is 1.15 bits per heavy atom. The first kappa shape index (κ1) is 62.2. The van der Waals surface area contributed by atoms with Crippen molar-refractivity contribution in [1.29, 1.82) is 0 Å². The smallest absolute Gasteiger partial charge is 0.0465 e. The van der Waals surface area contributed by atoms with Gasteiger partial charge in [-0.2, -0.15) is 0 Å². The molecule has 0 N–H and O–H groups in total. The predicted octanol–water partition coefficient (Wildman–Crippen LogP) is 27.3. The van der Waals surface area contributed by atoms with Gasteiger partial charge >= 0.3 is 0 Å². The summed E-state index contributed by atoms with van der Waals surface area (Å²) in [6.07, 6.45) is 43.5. The fourth-order valence-corrected chi connectivity index (χ4v) is 21.7. The Kier molecular flexibility index (Phi) is 18.2. The number of anilines is 6. The molecular weight excluding hydrogens is 1130 g/mol. The van der Waals surface area contributed by atoms with E-state index >= 15 is 0 Å². The fourth-order valence-electron chi connectivity index (χ4n) is 21.7. The maximum absolute atomic E-state index is 2.63. The number of hydrogen-bond acceptors (Lipinski definition) is 2. The van der Waals surface area contributed by atoms with Crippen LogP contribution >= 0.6 is 0 Å². The van der Waals surface area contributed by atoms with E-state index in [2.05, 4.69) is 206 Å². The SMILES string of the molecule is CCCCCCC1(CCCCCC)c2ccccc2-c2ccc(N(c3ccc(C4CCCCC4)cc3)c3ccc(C4CC5CCC4C5)cc3)cc21.c1ccc2c(c1)-c1ccc(N(c3ccc(C4CCCCC4)cc3)c3ccc(C4CC5CCC4C5)cc3)cc1C21CCCC1. The third kappa shape index (κ3) is 11.9. The molecule has 0 aliphatic heterocycles. The van der Waals surface area contributed by atoms with Crippen molar-refractivity contribution >= 4 is 34.1 Å². The van der Waals surface area contributed by atoms with Crippen molar-refractivity contribution in [3.05, 3.63) is 226 Å². The summed E-state index contributed by atoms with van der Waals surface area (Å²) >= 11 is 0. The number of nitrogens with zero attached hydrogens (tertiary/aromatic N) is 2. The molecule has 2 heteroatoms. The van der Waals surface area contributed by atoms with Gasteiger partial charge in [0.05, 0.1) is 0 Å². The van der Waals surface area contributed by atoms with Crippen molar-refractivity contribution in [2.24, 2.45) is 23.7 Å². The van der Waals surface area contributed by atoms with Gasteiger partial charge in [0.1, 0.15) is 0 Å². The van der Waals surface area contributed by atoms with E-state index in [9.17, 15) is 0 Å². The minimum Gasteiger partial charge on any atom is -0.310 e. The summed E-state index contributed by atoms with van der Waals surface area (Å²) in [6.45, 7) is 4.68. The topological polar surface area (TPSA) is 6.48 Å². The zero-order valence-corrected chi connectivity index (χ0v) is 57.5. The molecule has 4 bridgehead atoms. The highest BCUT2D eigenvalue weighted by molar-refractivity contribution is 5.88. The molecule has 7 fully saturated rings. The van der Waals surface area contributed by atoms with E-state index in [-0.39, 0.29) is 10.8 Å². The largest absolute Gasteiger partial charge is 0.310 e. The highest BCUT2D eigenvalue weighted by Gasteiger charge is 2.47. The summed E-state index contributed by atoms with van der Waals surface area (Å²) < 4.78 is 0. The van der Waals surface area contributed by atoms with Crippen LogP contribution in [0.5, 0.6) is 0 Å². The summed E-state index contributed by atoms with van der Waals surface area (Å²) in [5.74, 6) is 6.77. The van der Waals surface area contributed by atoms with Gasteiger partial charge in [0.25, 0.3) is 0 Å². The molecule has 2 nitrogen and oxygen atoms in total. The predicted molar refractivity (Wildman–Crippen MR) is 399 cm³/mol. The highest BCUT2D eigenvalue weighted by atomic mass is 15.1. The third-order valence-electron chi connectivity index (χ3n) is 26.5. The van der Waals surface area contributed by atoms with Gasteiger partial charge in [-0.1, -0.05) is 239 Å². The van der Waals surface area contributed by atoms with E-state index in [0.717, 1.165) is 47.3 Å². The molecule has 0 radical (unpaired) electrons. The summed E-state index contributed by atoms with van der Waals surface area (Å²) in [4.78, 5) is 5.12. The molecule has 0 saturated heterocycles. The monoisotopic (exact) mass is 1240 g/mol. The average Bonchev–Trinajstić information content (AvgIpc) is 1.57. The Bertz CT molecular complexity index is 3840. The third-order valence-corrected chi connectivity index (χ3v) is 26.5. The van der Waals surface area contributed by atoms with Crippen molar-refractivity contribution in [2.75, 3.05) is 9.80 Å². The molecule has 8 aromatic carbocycles. The molecule has 94 heavy (non-hydrogen) atoms. The van der Waals surface area contributed by atoms with Gasteiger partial charge in [-0.15, -0.1) is 0 Å². The summed E-state index contributed by atoms with van der Waals surface area (Å²) in [7, 11) is 0. The maximum atomic E-state index is 2.63. The van der Waals surface area contributed by atoms with Gasteiger partial charge in [-0.3, -0.25) is 0 Å². The first-order valence-electron chi connectivity index (χ1n) is 38.9. The Morgan fingerprint density at radius 1 is 0.319 bits per heavy atom. The van der Waals surface area contributed by atoms with Crippen LogP contribution in [0.15, 0.2) is 182 Å². The molecule has 486 valence electrons. The molecule has 7 saturated carbocycles. The minimum atomic E-state index is 0.0889. The average molecular weight is 1240 g/mol. The van der Waals surface area contributed by atoms with Crippen LogP contribution in [-0.2, 0) is 10.8 Å². The van der Waals surface area contributed by atoms with Crippen molar-refractivity contribution in [3.8, 4) is 22.3 Å². The van der Waals surface area contributed by atoms with Crippen LogP contribution in [0.4, 0.5) is 34.1 Å². The van der Waals surface area contributed by atoms with Crippen LogP contribution < -0.4 is 9.80 Å². The molecule has 9 aliphatic rings. The fraction of sp³-hybridized carbons (Fsp3) is 0.478. The van der Waals surface area contributed by atoms with E-state index in [4.69, 9.17) is 0 Å². The second-order valence-electron chi connectivity index (χ2n) is 31.8. The van der Waals surface area contributed by atoms with Gasteiger partial charge in [0.2, 0.25) is 0 Å². The number of benzene rings is 8. The maximum Gasteiger partial charge on any atom is 0.0465 e. The Balaban J connectivity index is 0.000000151. The second kappa shape index (κ2) is 27.5. The highest BCUT2D eigenvalue weighted by Crippen LogP contribution is 2.60. The quantitative estimate of drug-likeness (QED) is 0.0702. The molecule has 0 amide bonds. The zero-order chi connectivity index (χ0) is 63.0. The van der Waals surface area contributed by atoms with Crippen molar-refractivity contribution < 1.29 is 0 Å². The molecule has 0 aromatic heterocycles. The molecule has 1 spiro atoms. The minimum absolute atomic E-state index is 0.0889. The molecule has 0 heterocycles. The molecule has 17 rings (SSSR count). The van der Waals surface area contributed by atoms with Crippen LogP contribution in [0, 0.1) is 23.7 Å². The van der Waals surface area contributed by atoms with E-state index in [1.165, 1.54) is 273 Å². The van der Waals surface area contributed by atoms with Crippen LogP contribution in [0.25, 0.3) is 22.3 Å². The first-order valence-corrected chi connectivity index (χ1v) is 38.9. The van der Waals surface area contributed by atoms with Crippen molar-refractivity contribution in [2.45, 2.75) is 254 Å². The molecule has 9 aliphatic carbocycles. The Morgan fingerprint density at radius 2 is 0.713 bits per heavy atom. The van der Waals surface area contributed by atoms with Crippen molar-refractivity contribution in [1.82, 2.24) is 0 Å². The normalized spacial score (nSPS) is 23.4. The lowest BCUT2D eigenvalue weighted by molar-refractivity contribution is 0.401. The molecular formula is C92H108N2. The van der Waals surface area contributed by atoms with Crippen LogP contribution in [-0.4, -0.2) is 0 Å². The number of hydrogen-bond donors (Lipinski definition) is 0.